The Bertz CT molecular complexity index is 894. The molecule has 168 valence electrons. The number of nitrogens with one attached hydrogen (secondary N) is 1. The molecule has 5 heteroatoms. The standard InChI is InChI=1S/C26H36N2O3/c1-7-21(6)27-26(30)23(8-2)28(16-22-12-10-9-11-19(22)4)25(29)17-31-24-14-13-18(3)15-20(24)5/h9-15,21,23H,7-8,16-17H2,1-6H3,(H,27,30)/t21-,23+/m0/s1. The number of carbonyl (C=O) groups is 2. The summed E-state index contributed by atoms with van der Waals surface area (Å²) in [5.41, 5.74) is 4.25. The zero-order chi connectivity index (χ0) is 23.0. The zero-order valence-corrected chi connectivity index (χ0v) is 19.7. The lowest BCUT2D eigenvalue weighted by Gasteiger charge is -2.32. The van der Waals surface area contributed by atoms with Gasteiger partial charge in [0.05, 0.1) is 0 Å². The maximum Gasteiger partial charge on any atom is 0.261 e. The molecule has 0 spiro atoms. The first-order valence-electron chi connectivity index (χ1n) is 11.1. The molecule has 0 unspecified atom stereocenters. The van der Waals surface area contributed by atoms with E-state index in [4.69, 9.17) is 4.74 Å². The van der Waals surface area contributed by atoms with Crippen LogP contribution in [-0.2, 0) is 16.1 Å². The smallest absolute Gasteiger partial charge is 0.261 e. The molecule has 2 amide bonds. The summed E-state index contributed by atoms with van der Waals surface area (Å²) in [7, 11) is 0. The van der Waals surface area contributed by atoms with Crippen molar-refractivity contribution >= 4 is 11.8 Å². The number of hydrogen-bond donors (Lipinski definition) is 1. The molecule has 5 nitrogen and oxygen atoms in total. The summed E-state index contributed by atoms with van der Waals surface area (Å²) in [5.74, 6) is 0.367. The van der Waals surface area contributed by atoms with Gasteiger partial charge in [-0.2, -0.15) is 0 Å². The third-order valence-corrected chi connectivity index (χ3v) is 5.67. The number of benzene rings is 2. The van der Waals surface area contributed by atoms with Crippen molar-refractivity contribution in [2.75, 3.05) is 6.61 Å². The van der Waals surface area contributed by atoms with Gasteiger partial charge in [0.1, 0.15) is 11.8 Å². The van der Waals surface area contributed by atoms with Crippen LogP contribution in [0.1, 0.15) is 55.9 Å². The summed E-state index contributed by atoms with van der Waals surface area (Å²) in [6.07, 6.45) is 1.37. The Kier molecular flexibility index (Phi) is 9.10. The van der Waals surface area contributed by atoms with Crippen molar-refractivity contribution < 1.29 is 14.3 Å². The average Bonchev–Trinajstić information content (AvgIpc) is 2.74. The van der Waals surface area contributed by atoms with Crippen molar-refractivity contribution in [1.29, 1.82) is 0 Å². The maximum atomic E-state index is 13.3. The predicted molar refractivity (Wildman–Crippen MR) is 125 cm³/mol. The second-order valence-electron chi connectivity index (χ2n) is 8.25. The van der Waals surface area contributed by atoms with Crippen molar-refractivity contribution in [3.8, 4) is 5.75 Å². The highest BCUT2D eigenvalue weighted by molar-refractivity contribution is 5.88. The minimum Gasteiger partial charge on any atom is -0.483 e. The molecule has 2 aromatic carbocycles. The molecule has 2 aromatic rings. The van der Waals surface area contributed by atoms with E-state index < -0.39 is 6.04 Å². The molecule has 2 atom stereocenters. The highest BCUT2D eigenvalue weighted by Gasteiger charge is 2.29. The first-order chi connectivity index (χ1) is 14.8. The van der Waals surface area contributed by atoms with Crippen LogP contribution >= 0.6 is 0 Å². The highest BCUT2D eigenvalue weighted by atomic mass is 16.5. The van der Waals surface area contributed by atoms with E-state index in [0.717, 1.165) is 28.7 Å². The summed E-state index contributed by atoms with van der Waals surface area (Å²) in [6.45, 7) is 12.2. The van der Waals surface area contributed by atoms with Gasteiger partial charge < -0.3 is 15.0 Å². The van der Waals surface area contributed by atoms with E-state index >= 15 is 0 Å². The monoisotopic (exact) mass is 424 g/mol. The van der Waals surface area contributed by atoms with Gasteiger partial charge in [0.25, 0.3) is 5.91 Å². The van der Waals surface area contributed by atoms with Crippen molar-refractivity contribution in [3.63, 3.8) is 0 Å². The molecule has 0 saturated carbocycles. The van der Waals surface area contributed by atoms with Crippen molar-refractivity contribution in [2.24, 2.45) is 0 Å². The van der Waals surface area contributed by atoms with Crippen LogP contribution in [-0.4, -0.2) is 35.4 Å². The molecule has 0 aliphatic heterocycles. The van der Waals surface area contributed by atoms with Gasteiger partial charge in [-0.1, -0.05) is 55.8 Å². The molecule has 0 radical (unpaired) electrons. The fraction of sp³-hybridized carbons (Fsp3) is 0.462. The summed E-state index contributed by atoms with van der Waals surface area (Å²) in [5, 5.41) is 3.03. The lowest BCUT2D eigenvalue weighted by atomic mass is 10.1. The quantitative estimate of drug-likeness (QED) is 0.601. The Labute approximate surface area is 186 Å². The van der Waals surface area contributed by atoms with Crippen LogP contribution in [0.2, 0.25) is 0 Å². The van der Waals surface area contributed by atoms with Gasteiger partial charge in [0.15, 0.2) is 6.61 Å². The number of carbonyl (C=O) groups excluding carboxylic acids is 2. The molecule has 0 aromatic heterocycles. The second kappa shape index (κ2) is 11.5. The molecule has 0 bridgehead atoms. The molecule has 0 saturated heterocycles. The average molecular weight is 425 g/mol. The van der Waals surface area contributed by atoms with Crippen LogP contribution in [0, 0.1) is 20.8 Å². The number of ether oxygens (including phenoxy) is 1. The van der Waals surface area contributed by atoms with Gasteiger partial charge in [-0.3, -0.25) is 9.59 Å². The SMILES string of the molecule is CC[C@H](C(=O)N[C@@H](C)CC)N(Cc1ccccc1C)C(=O)COc1ccc(C)cc1C. The fourth-order valence-electron chi connectivity index (χ4n) is 3.52. The van der Waals surface area contributed by atoms with Crippen LogP contribution in [0.25, 0.3) is 0 Å². The summed E-state index contributed by atoms with van der Waals surface area (Å²) < 4.78 is 5.86. The molecular formula is C26H36N2O3. The van der Waals surface area contributed by atoms with Crippen LogP contribution < -0.4 is 10.1 Å². The summed E-state index contributed by atoms with van der Waals surface area (Å²) in [4.78, 5) is 27.9. The topological polar surface area (TPSA) is 58.6 Å². The largest absolute Gasteiger partial charge is 0.483 e. The normalized spacial score (nSPS) is 12.7. The number of aryl methyl sites for hydroxylation is 3. The molecule has 2 rings (SSSR count). The van der Waals surface area contributed by atoms with Gasteiger partial charge in [-0.25, -0.2) is 0 Å². The number of rotatable bonds is 10. The van der Waals surface area contributed by atoms with E-state index in [1.54, 1.807) is 4.90 Å². The Morgan fingerprint density at radius 1 is 1.00 bits per heavy atom. The zero-order valence-electron chi connectivity index (χ0n) is 19.7. The molecule has 31 heavy (non-hydrogen) atoms. The third-order valence-electron chi connectivity index (χ3n) is 5.67. The van der Waals surface area contributed by atoms with Gasteiger partial charge in [0, 0.05) is 12.6 Å². The van der Waals surface area contributed by atoms with Crippen molar-refractivity contribution in [2.45, 2.75) is 73.0 Å². The van der Waals surface area contributed by atoms with E-state index in [2.05, 4.69) is 5.32 Å². The van der Waals surface area contributed by atoms with Crippen LogP contribution in [0.4, 0.5) is 0 Å². The van der Waals surface area contributed by atoms with E-state index in [0.29, 0.717) is 18.7 Å². The molecule has 1 N–H and O–H groups in total. The van der Waals surface area contributed by atoms with E-state index in [1.807, 2.05) is 84.0 Å². The Hall–Kier alpha value is -2.82. The van der Waals surface area contributed by atoms with Gasteiger partial charge in [0.2, 0.25) is 5.91 Å². The Balaban J connectivity index is 2.25. The van der Waals surface area contributed by atoms with Crippen molar-refractivity contribution in [3.05, 3.63) is 64.7 Å². The summed E-state index contributed by atoms with van der Waals surface area (Å²) >= 11 is 0. The molecule has 0 aliphatic carbocycles. The summed E-state index contributed by atoms with van der Waals surface area (Å²) in [6, 6.07) is 13.3. The van der Waals surface area contributed by atoms with Gasteiger partial charge in [-0.05, 0) is 63.3 Å². The first kappa shape index (κ1) is 24.4. The van der Waals surface area contributed by atoms with E-state index in [1.165, 1.54) is 0 Å². The van der Waals surface area contributed by atoms with Gasteiger partial charge >= 0.3 is 0 Å². The number of nitrogens with zero attached hydrogens (tertiary/aromatic N) is 1. The minimum absolute atomic E-state index is 0.0587. The predicted octanol–water partition coefficient (Wildman–Crippen LogP) is 4.71. The maximum absolute atomic E-state index is 13.3. The van der Waals surface area contributed by atoms with Crippen LogP contribution in [0.15, 0.2) is 42.5 Å². The van der Waals surface area contributed by atoms with E-state index in [9.17, 15) is 9.59 Å². The third kappa shape index (κ3) is 6.84. The fourth-order valence-corrected chi connectivity index (χ4v) is 3.52. The lowest BCUT2D eigenvalue weighted by Crippen LogP contribution is -2.51. The second-order valence-corrected chi connectivity index (χ2v) is 8.25. The Morgan fingerprint density at radius 3 is 2.32 bits per heavy atom. The minimum atomic E-state index is -0.552. The molecule has 0 aliphatic rings. The highest BCUT2D eigenvalue weighted by Crippen LogP contribution is 2.20. The van der Waals surface area contributed by atoms with E-state index in [-0.39, 0.29) is 24.5 Å². The molecule has 0 heterocycles. The van der Waals surface area contributed by atoms with Gasteiger partial charge in [-0.15, -0.1) is 0 Å². The van der Waals surface area contributed by atoms with Crippen LogP contribution in [0.3, 0.4) is 0 Å². The molecular weight excluding hydrogens is 388 g/mol. The van der Waals surface area contributed by atoms with Crippen molar-refractivity contribution in [1.82, 2.24) is 10.2 Å². The number of amides is 2. The molecule has 0 fully saturated rings. The lowest BCUT2D eigenvalue weighted by molar-refractivity contribution is -0.143. The first-order valence-corrected chi connectivity index (χ1v) is 11.1. The number of hydrogen-bond acceptors (Lipinski definition) is 3. The van der Waals surface area contributed by atoms with Crippen LogP contribution in [0.5, 0.6) is 5.75 Å². The Morgan fingerprint density at radius 2 is 1.71 bits per heavy atom.